The number of aromatic nitrogens is 3. The first-order chi connectivity index (χ1) is 15.0. The van der Waals surface area contributed by atoms with Crippen LogP contribution in [0.5, 0.6) is 5.88 Å². The molecular weight excluding hydrogens is 394 g/mol. The summed E-state index contributed by atoms with van der Waals surface area (Å²) in [4.78, 5) is 29.0. The van der Waals surface area contributed by atoms with Crippen molar-refractivity contribution in [3.05, 3.63) is 100 Å². The van der Waals surface area contributed by atoms with E-state index in [0.717, 1.165) is 5.56 Å². The van der Waals surface area contributed by atoms with Crippen molar-refractivity contribution in [2.45, 2.75) is 6.54 Å². The fourth-order valence-electron chi connectivity index (χ4n) is 3.82. The molecule has 2 heterocycles. The van der Waals surface area contributed by atoms with E-state index >= 15 is 0 Å². The zero-order valence-corrected chi connectivity index (χ0v) is 16.3. The fourth-order valence-corrected chi connectivity index (χ4v) is 3.82. The van der Waals surface area contributed by atoms with E-state index in [1.165, 1.54) is 12.1 Å². The van der Waals surface area contributed by atoms with E-state index in [-0.39, 0.29) is 23.5 Å². The summed E-state index contributed by atoms with van der Waals surface area (Å²) in [6.45, 7) is 0.275. The number of aromatic hydroxyl groups is 1. The Morgan fingerprint density at radius 2 is 1.52 bits per heavy atom. The van der Waals surface area contributed by atoms with E-state index in [4.69, 9.17) is 0 Å². The molecule has 0 amide bonds. The summed E-state index contributed by atoms with van der Waals surface area (Å²) in [6, 6.07) is 22.8. The number of aromatic carboxylic acids is 1. The third-order valence-electron chi connectivity index (χ3n) is 5.29. The second-order valence-electron chi connectivity index (χ2n) is 7.20. The van der Waals surface area contributed by atoms with Gasteiger partial charge in [-0.3, -0.25) is 4.79 Å². The number of rotatable bonds is 4. The molecule has 0 aliphatic heterocycles. The lowest BCUT2D eigenvalue weighted by atomic mass is 10.1. The molecule has 2 N–H and O–H groups in total. The van der Waals surface area contributed by atoms with Gasteiger partial charge in [-0.25, -0.2) is 14.0 Å². The predicted octanol–water partition coefficient (Wildman–Crippen LogP) is 3.77. The number of imidazole rings is 1. The summed E-state index contributed by atoms with van der Waals surface area (Å²) in [6.07, 6.45) is 0. The third kappa shape index (κ3) is 3.03. The Balaban J connectivity index is 1.85. The molecule has 0 bridgehead atoms. The monoisotopic (exact) mass is 411 g/mol. The van der Waals surface area contributed by atoms with Crippen molar-refractivity contribution in [2.24, 2.45) is 0 Å². The summed E-state index contributed by atoms with van der Waals surface area (Å²) in [5.41, 5.74) is 1.84. The average molecular weight is 411 g/mol. The van der Waals surface area contributed by atoms with Gasteiger partial charge in [0.25, 0.3) is 5.56 Å². The maximum absolute atomic E-state index is 13.4. The zero-order chi connectivity index (χ0) is 21.5. The van der Waals surface area contributed by atoms with Gasteiger partial charge in [0.2, 0.25) is 5.88 Å². The van der Waals surface area contributed by atoms with Crippen molar-refractivity contribution in [3.8, 4) is 17.3 Å². The smallest absolute Gasteiger partial charge is 0.335 e. The van der Waals surface area contributed by atoms with Crippen LogP contribution in [0.1, 0.15) is 15.9 Å². The summed E-state index contributed by atoms with van der Waals surface area (Å²) in [7, 11) is 0. The van der Waals surface area contributed by atoms with Crippen molar-refractivity contribution in [1.82, 2.24) is 14.2 Å². The molecule has 0 atom stereocenters. The number of hydrogen-bond donors (Lipinski definition) is 2. The molecule has 0 aliphatic rings. The van der Waals surface area contributed by atoms with Crippen LogP contribution in [0.15, 0.2) is 83.7 Å². The second kappa shape index (κ2) is 7.14. The zero-order valence-electron chi connectivity index (χ0n) is 16.3. The number of carboxylic acids is 1. The van der Waals surface area contributed by atoms with Gasteiger partial charge in [0, 0.05) is 10.9 Å². The summed E-state index contributed by atoms with van der Waals surface area (Å²) < 4.78 is 3.16. The molecule has 7 nitrogen and oxygen atoms in total. The molecule has 2 aromatic heterocycles. The fraction of sp³-hybridized carbons (Fsp3) is 0.0417. The minimum Gasteiger partial charge on any atom is -0.492 e. The molecule has 31 heavy (non-hydrogen) atoms. The quantitative estimate of drug-likeness (QED) is 0.469. The summed E-state index contributed by atoms with van der Waals surface area (Å²) >= 11 is 0. The first-order valence-electron chi connectivity index (χ1n) is 9.65. The Morgan fingerprint density at radius 3 is 2.19 bits per heavy atom. The summed E-state index contributed by atoms with van der Waals surface area (Å²) in [5.74, 6) is -0.882. The van der Waals surface area contributed by atoms with E-state index in [2.05, 4.69) is 4.98 Å². The highest BCUT2D eigenvalue weighted by atomic mass is 16.4. The Hall–Kier alpha value is -4.39. The first kappa shape index (κ1) is 18.6. The van der Waals surface area contributed by atoms with Gasteiger partial charge in [-0.05, 0) is 23.8 Å². The molecule has 0 spiro atoms. The Labute approximate surface area is 176 Å². The maximum Gasteiger partial charge on any atom is 0.335 e. The Morgan fingerprint density at radius 1 is 0.871 bits per heavy atom. The molecular formula is C24H17N3O4. The lowest BCUT2D eigenvalue weighted by Crippen LogP contribution is -2.27. The van der Waals surface area contributed by atoms with Crippen LogP contribution in [0.3, 0.4) is 0 Å². The molecule has 0 saturated heterocycles. The molecule has 0 fully saturated rings. The van der Waals surface area contributed by atoms with Gasteiger partial charge >= 0.3 is 5.97 Å². The van der Waals surface area contributed by atoms with Crippen molar-refractivity contribution >= 4 is 22.3 Å². The van der Waals surface area contributed by atoms with Gasteiger partial charge in [-0.1, -0.05) is 60.7 Å². The van der Waals surface area contributed by atoms with Crippen LogP contribution in [-0.4, -0.2) is 30.4 Å². The Kier molecular flexibility index (Phi) is 4.29. The van der Waals surface area contributed by atoms with E-state index in [1.54, 1.807) is 45.6 Å². The number of carbonyl (C=O) groups is 1. The minimum absolute atomic E-state index is 0.140. The van der Waals surface area contributed by atoms with Crippen molar-refractivity contribution in [3.63, 3.8) is 0 Å². The van der Waals surface area contributed by atoms with Crippen molar-refractivity contribution < 1.29 is 15.0 Å². The third-order valence-corrected chi connectivity index (χ3v) is 5.29. The van der Waals surface area contributed by atoms with E-state index in [9.17, 15) is 19.8 Å². The van der Waals surface area contributed by atoms with Gasteiger partial charge in [0.05, 0.1) is 17.5 Å². The van der Waals surface area contributed by atoms with Crippen LogP contribution in [0, 0.1) is 0 Å². The number of fused-ring (bicyclic) bond motifs is 3. The highest BCUT2D eigenvalue weighted by molar-refractivity contribution is 5.98. The molecule has 0 radical (unpaired) electrons. The standard InChI is InChI=1S/C24H17N3O4/c28-22-20-18-8-4-5-9-19(18)23(29)26(14-15-6-2-1-3-7-15)27(20)21(25-22)16-10-12-17(13-11-16)24(30)31/h1-13,28H,14H2,(H,30,31). The SMILES string of the molecule is O=C(O)c1ccc(-c2nc(O)c3c4ccccc4c(=O)n(Cc4ccccc4)n23)cc1. The number of hydrogen-bond acceptors (Lipinski definition) is 4. The lowest BCUT2D eigenvalue weighted by Gasteiger charge is -2.14. The normalized spacial score (nSPS) is 11.2. The molecule has 0 aliphatic carbocycles. The van der Waals surface area contributed by atoms with Gasteiger partial charge in [0.1, 0.15) is 5.52 Å². The molecule has 3 aromatic carbocycles. The molecule has 5 aromatic rings. The maximum atomic E-state index is 13.4. The number of nitrogens with zero attached hydrogens (tertiary/aromatic N) is 3. The largest absolute Gasteiger partial charge is 0.492 e. The highest BCUT2D eigenvalue weighted by Crippen LogP contribution is 2.31. The average Bonchev–Trinajstić information content (AvgIpc) is 3.14. The van der Waals surface area contributed by atoms with E-state index in [0.29, 0.717) is 27.7 Å². The van der Waals surface area contributed by atoms with Gasteiger partial charge in [-0.15, -0.1) is 0 Å². The van der Waals surface area contributed by atoms with Crippen molar-refractivity contribution in [2.75, 3.05) is 0 Å². The van der Waals surface area contributed by atoms with Crippen LogP contribution in [-0.2, 0) is 6.54 Å². The molecule has 5 rings (SSSR count). The minimum atomic E-state index is -1.03. The molecule has 0 saturated carbocycles. The lowest BCUT2D eigenvalue weighted by molar-refractivity contribution is 0.0697. The predicted molar refractivity (Wildman–Crippen MR) is 117 cm³/mol. The van der Waals surface area contributed by atoms with Crippen LogP contribution in [0.25, 0.3) is 27.7 Å². The number of carboxylic acid groups (broad SMARTS) is 1. The van der Waals surface area contributed by atoms with Crippen LogP contribution in [0.2, 0.25) is 0 Å². The van der Waals surface area contributed by atoms with Crippen molar-refractivity contribution in [1.29, 1.82) is 0 Å². The van der Waals surface area contributed by atoms with Gasteiger partial charge in [0.15, 0.2) is 5.82 Å². The van der Waals surface area contributed by atoms with Gasteiger partial charge < -0.3 is 10.2 Å². The summed E-state index contributed by atoms with van der Waals surface area (Å²) in [5, 5.41) is 21.0. The molecule has 7 heteroatoms. The molecule has 0 unspecified atom stereocenters. The van der Waals surface area contributed by atoms with E-state index < -0.39 is 5.97 Å². The topological polar surface area (TPSA) is 96.8 Å². The highest BCUT2D eigenvalue weighted by Gasteiger charge is 2.20. The first-order valence-corrected chi connectivity index (χ1v) is 9.65. The van der Waals surface area contributed by atoms with E-state index in [1.807, 2.05) is 30.3 Å². The van der Waals surface area contributed by atoms with Crippen LogP contribution >= 0.6 is 0 Å². The number of benzene rings is 3. The molecule has 152 valence electrons. The second-order valence-corrected chi connectivity index (χ2v) is 7.20. The van der Waals surface area contributed by atoms with Crippen LogP contribution < -0.4 is 5.56 Å². The van der Waals surface area contributed by atoms with Gasteiger partial charge in [-0.2, -0.15) is 4.98 Å². The Bertz CT molecular complexity index is 1500. The van der Waals surface area contributed by atoms with Crippen LogP contribution in [0.4, 0.5) is 0 Å².